The number of hydrogen-bond acceptors (Lipinski definition) is 5. The standard InChI is InChI=1S/C17H26N2O4S.ClH/c1-14-5-9-19(10-6-14)8-2-7-18-24(20,21)15-3-4-16-17(13-15)23-12-11-22-16;/h3-4,13-14,18H,2,5-12H2,1H3;1H. The maximum absolute atomic E-state index is 12.4. The molecule has 1 aromatic carbocycles. The van der Waals surface area contributed by atoms with Crippen LogP contribution in [0.25, 0.3) is 0 Å². The van der Waals surface area contributed by atoms with Crippen LogP contribution in [0.2, 0.25) is 0 Å². The van der Waals surface area contributed by atoms with Gasteiger partial charge in [-0.15, -0.1) is 12.4 Å². The Balaban J connectivity index is 0.00000225. The second-order valence-corrected chi connectivity index (χ2v) is 8.35. The Kier molecular flexibility index (Phi) is 7.37. The predicted octanol–water partition coefficient (Wildman–Crippen LogP) is 2.28. The van der Waals surface area contributed by atoms with Gasteiger partial charge in [0, 0.05) is 12.6 Å². The van der Waals surface area contributed by atoms with Gasteiger partial charge in [-0.2, -0.15) is 0 Å². The van der Waals surface area contributed by atoms with Crippen molar-refractivity contribution in [2.75, 3.05) is 39.4 Å². The molecule has 25 heavy (non-hydrogen) atoms. The van der Waals surface area contributed by atoms with Gasteiger partial charge in [-0.05, 0) is 56.9 Å². The van der Waals surface area contributed by atoms with E-state index in [1.807, 2.05) is 0 Å². The fourth-order valence-electron chi connectivity index (χ4n) is 3.07. The third-order valence-electron chi connectivity index (χ3n) is 4.64. The number of ether oxygens (including phenoxy) is 2. The molecule has 142 valence electrons. The van der Waals surface area contributed by atoms with Crippen molar-refractivity contribution in [3.8, 4) is 11.5 Å². The van der Waals surface area contributed by atoms with Gasteiger partial charge in [0.2, 0.25) is 10.0 Å². The summed E-state index contributed by atoms with van der Waals surface area (Å²) in [5.74, 6) is 1.90. The Morgan fingerprint density at radius 2 is 1.84 bits per heavy atom. The lowest BCUT2D eigenvalue weighted by Gasteiger charge is -2.30. The molecule has 1 aromatic rings. The molecule has 2 aliphatic heterocycles. The molecule has 6 nitrogen and oxygen atoms in total. The summed E-state index contributed by atoms with van der Waals surface area (Å²) < 4.78 is 38.3. The van der Waals surface area contributed by atoms with E-state index >= 15 is 0 Å². The number of fused-ring (bicyclic) bond motifs is 1. The number of nitrogens with one attached hydrogen (secondary N) is 1. The third kappa shape index (κ3) is 5.48. The first kappa shape index (κ1) is 20.3. The zero-order valence-electron chi connectivity index (χ0n) is 14.6. The van der Waals surface area contributed by atoms with E-state index in [2.05, 4.69) is 16.5 Å². The third-order valence-corrected chi connectivity index (χ3v) is 6.10. The molecule has 0 aromatic heterocycles. The molecule has 0 spiro atoms. The first-order valence-corrected chi connectivity index (χ1v) is 10.1. The SMILES string of the molecule is CC1CCN(CCCNS(=O)(=O)c2ccc3c(c2)OCCO3)CC1.Cl. The fraction of sp³-hybridized carbons (Fsp3) is 0.647. The van der Waals surface area contributed by atoms with Crippen molar-refractivity contribution in [1.29, 1.82) is 0 Å². The highest BCUT2D eigenvalue weighted by Gasteiger charge is 2.19. The second-order valence-electron chi connectivity index (χ2n) is 6.58. The number of halogens is 1. The highest BCUT2D eigenvalue weighted by molar-refractivity contribution is 7.89. The quantitative estimate of drug-likeness (QED) is 0.755. The van der Waals surface area contributed by atoms with Crippen LogP contribution in [0.15, 0.2) is 23.1 Å². The Morgan fingerprint density at radius 1 is 1.16 bits per heavy atom. The largest absolute Gasteiger partial charge is 0.486 e. The summed E-state index contributed by atoms with van der Waals surface area (Å²) in [6.45, 7) is 6.86. The van der Waals surface area contributed by atoms with E-state index in [1.165, 1.54) is 18.9 Å². The van der Waals surface area contributed by atoms with Crippen molar-refractivity contribution in [3.05, 3.63) is 18.2 Å². The van der Waals surface area contributed by atoms with Gasteiger partial charge in [0.15, 0.2) is 11.5 Å². The monoisotopic (exact) mass is 390 g/mol. The molecule has 2 heterocycles. The Hall–Kier alpha value is -1.02. The normalized spacial score (nSPS) is 18.6. The minimum atomic E-state index is -3.51. The second kappa shape index (κ2) is 9.07. The van der Waals surface area contributed by atoms with Crippen molar-refractivity contribution < 1.29 is 17.9 Å². The molecule has 0 atom stereocenters. The van der Waals surface area contributed by atoms with Gasteiger partial charge in [-0.3, -0.25) is 0 Å². The number of hydrogen-bond donors (Lipinski definition) is 1. The van der Waals surface area contributed by atoms with Crippen molar-refractivity contribution in [2.45, 2.75) is 31.1 Å². The summed E-state index contributed by atoms with van der Waals surface area (Å²) in [6.07, 6.45) is 3.30. The predicted molar refractivity (Wildman–Crippen MR) is 99.3 cm³/mol. The van der Waals surface area contributed by atoms with Crippen LogP contribution >= 0.6 is 12.4 Å². The molecule has 3 rings (SSSR count). The van der Waals surface area contributed by atoms with Crippen molar-refractivity contribution in [2.24, 2.45) is 5.92 Å². The summed E-state index contributed by atoms with van der Waals surface area (Å²) in [4.78, 5) is 2.64. The average molecular weight is 391 g/mol. The van der Waals surface area contributed by atoms with Gasteiger partial charge < -0.3 is 14.4 Å². The molecule has 2 aliphatic rings. The summed E-state index contributed by atoms with van der Waals surface area (Å²) in [7, 11) is -3.51. The zero-order chi connectivity index (χ0) is 17.0. The molecule has 1 saturated heterocycles. The van der Waals surface area contributed by atoms with Gasteiger partial charge in [0.25, 0.3) is 0 Å². The van der Waals surface area contributed by atoms with E-state index in [1.54, 1.807) is 12.1 Å². The topological polar surface area (TPSA) is 67.9 Å². The van der Waals surface area contributed by atoms with E-state index in [-0.39, 0.29) is 17.3 Å². The molecule has 1 N–H and O–H groups in total. The van der Waals surface area contributed by atoms with Crippen LogP contribution in [0.4, 0.5) is 0 Å². The van der Waals surface area contributed by atoms with Gasteiger partial charge in [0.1, 0.15) is 13.2 Å². The number of sulfonamides is 1. The maximum Gasteiger partial charge on any atom is 0.240 e. The van der Waals surface area contributed by atoms with Crippen LogP contribution in [0.3, 0.4) is 0 Å². The minimum Gasteiger partial charge on any atom is -0.486 e. The van der Waals surface area contributed by atoms with E-state index in [0.29, 0.717) is 31.3 Å². The van der Waals surface area contributed by atoms with Gasteiger partial charge in [-0.1, -0.05) is 6.92 Å². The summed E-state index contributed by atoms with van der Waals surface area (Å²) in [6, 6.07) is 4.74. The highest BCUT2D eigenvalue weighted by atomic mass is 35.5. The molecular weight excluding hydrogens is 364 g/mol. The number of benzene rings is 1. The molecule has 0 amide bonds. The zero-order valence-corrected chi connectivity index (χ0v) is 16.2. The van der Waals surface area contributed by atoms with Crippen LogP contribution in [0, 0.1) is 5.92 Å². The molecule has 0 unspecified atom stereocenters. The van der Waals surface area contributed by atoms with E-state index < -0.39 is 10.0 Å². The summed E-state index contributed by atoms with van der Waals surface area (Å²) in [5, 5.41) is 0. The van der Waals surface area contributed by atoms with Crippen molar-refractivity contribution in [1.82, 2.24) is 9.62 Å². The highest BCUT2D eigenvalue weighted by Crippen LogP contribution is 2.32. The summed E-state index contributed by atoms with van der Waals surface area (Å²) in [5.41, 5.74) is 0. The minimum absolute atomic E-state index is 0. The molecule has 0 bridgehead atoms. The van der Waals surface area contributed by atoms with Gasteiger partial charge in [0.05, 0.1) is 4.90 Å². The van der Waals surface area contributed by atoms with Crippen LogP contribution in [0.1, 0.15) is 26.2 Å². The van der Waals surface area contributed by atoms with Crippen LogP contribution in [0.5, 0.6) is 11.5 Å². The molecule has 0 radical (unpaired) electrons. The smallest absolute Gasteiger partial charge is 0.240 e. The first-order valence-electron chi connectivity index (χ1n) is 8.66. The van der Waals surface area contributed by atoms with Gasteiger partial charge >= 0.3 is 0 Å². The average Bonchev–Trinajstić information content (AvgIpc) is 2.60. The van der Waals surface area contributed by atoms with Crippen molar-refractivity contribution >= 4 is 22.4 Å². The van der Waals surface area contributed by atoms with Crippen molar-refractivity contribution in [3.63, 3.8) is 0 Å². The Morgan fingerprint density at radius 3 is 2.56 bits per heavy atom. The lowest BCUT2D eigenvalue weighted by molar-refractivity contribution is 0.171. The number of piperidine rings is 1. The Labute approximate surface area is 156 Å². The summed E-state index contributed by atoms with van der Waals surface area (Å²) >= 11 is 0. The number of likely N-dealkylation sites (tertiary alicyclic amines) is 1. The maximum atomic E-state index is 12.4. The van der Waals surface area contributed by atoms with Crippen LogP contribution < -0.4 is 14.2 Å². The van der Waals surface area contributed by atoms with E-state index in [9.17, 15) is 8.42 Å². The first-order chi connectivity index (χ1) is 11.5. The van der Waals surface area contributed by atoms with Crippen LogP contribution in [-0.4, -0.2) is 52.7 Å². The fourth-order valence-corrected chi connectivity index (χ4v) is 4.16. The number of nitrogens with zero attached hydrogens (tertiary/aromatic N) is 1. The molecular formula is C17H27ClN2O4S. The molecule has 0 saturated carbocycles. The number of rotatable bonds is 6. The lowest BCUT2D eigenvalue weighted by atomic mass is 9.99. The molecule has 0 aliphatic carbocycles. The van der Waals surface area contributed by atoms with E-state index in [0.717, 1.165) is 32.0 Å². The Bertz CT molecular complexity index is 661. The molecule has 1 fully saturated rings. The lowest BCUT2D eigenvalue weighted by Crippen LogP contribution is -2.35. The molecule has 8 heteroatoms. The van der Waals surface area contributed by atoms with E-state index in [4.69, 9.17) is 9.47 Å². The van der Waals surface area contributed by atoms with Crippen LogP contribution in [-0.2, 0) is 10.0 Å². The van der Waals surface area contributed by atoms with Gasteiger partial charge in [-0.25, -0.2) is 13.1 Å².